The van der Waals surface area contributed by atoms with Gasteiger partial charge in [0.1, 0.15) is 23.7 Å². The third-order valence-electron chi connectivity index (χ3n) is 6.50. The second-order valence-corrected chi connectivity index (χ2v) is 9.34. The monoisotopic (exact) mass is 491 g/mol. The van der Waals surface area contributed by atoms with Crippen LogP contribution in [0.4, 0.5) is 0 Å². The van der Waals surface area contributed by atoms with Crippen LogP contribution in [0.15, 0.2) is 55.2 Å². The van der Waals surface area contributed by atoms with E-state index in [1.807, 2.05) is 38.2 Å². The number of pyridine rings is 1. The number of rotatable bonds is 8. The molecule has 1 amide bonds. The first-order valence-corrected chi connectivity index (χ1v) is 12.1. The predicted octanol–water partition coefficient (Wildman–Crippen LogP) is 2.90. The molecule has 1 aliphatic rings. The summed E-state index contributed by atoms with van der Waals surface area (Å²) in [7, 11) is 3.63. The van der Waals surface area contributed by atoms with E-state index in [0.29, 0.717) is 36.8 Å². The Hall–Kier alpha value is -3.56. The van der Waals surface area contributed by atoms with Crippen LogP contribution >= 0.6 is 0 Å². The Morgan fingerprint density at radius 1 is 1.22 bits per heavy atom. The molecule has 9 heteroatoms. The number of nitrogens with zero attached hydrogens (tertiary/aromatic N) is 5. The highest BCUT2D eigenvalue weighted by Crippen LogP contribution is 2.34. The molecule has 0 radical (unpaired) electrons. The maximum Gasteiger partial charge on any atom is 0.259 e. The van der Waals surface area contributed by atoms with E-state index in [1.165, 1.54) is 6.33 Å². The lowest BCUT2D eigenvalue weighted by Crippen LogP contribution is -2.49. The lowest BCUT2D eigenvalue weighted by Gasteiger charge is -2.37. The van der Waals surface area contributed by atoms with E-state index in [4.69, 9.17) is 9.47 Å². The van der Waals surface area contributed by atoms with Crippen LogP contribution in [-0.4, -0.2) is 81.8 Å². The standard InChI is InChI=1S/C27H33N5O4/c1-18-13-32(19(2)16-33)27(34)23-9-21(22-7-5-6-8-24(22)35-4)12-30-26(23)36-25(18)15-31(3)14-20-10-28-17-29-11-20/h5-12,17-19,25,33H,13-16H2,1-4H3/t18-,19+,25+/m1/s1. The van der Waals surface area contributed by atoms with Gasteiger partial charge in [0.2, 0.25) is 5.88 Å². The molecule has 0 bridgehead atoms. The smallest absolute Gasteiger partial charge is 0.259 e. The Kier molecular flexibility index (Phi) is 8.12. The van der Waals surface area contributed by atoms with Crippen LogP contribution in [0.2, 0.25) is 0 Å². The SMILES string of the molecule is COc1ccccc1-c1cnc2c(c1)C(=O)N([C@@H](C)CO)C[C@@H](C)[C@H](CN(C)Cc1cncnc1)O2. The van der Waals surface area contributed by atoms with Gasteiger partial charge < -0.3 is 19.5 Å². The Morgan fingerprint density at radius 3 is 2.69 bits per heavy atom. The fourth-order valence-electron chi connectivity index (χ4n) is 4.45. The lowest BCUT2D eigenvalue weighted by atomic mass is 9.99. The van der Waals surface area contributed by atoms with Crippen LogP contribution in [-0.2, 0) is 6.54 Å². The van der Waals surface area contributed by atoms with E-state index in [-0.39, 0.29) is 30.6 Å². The van der Waals surface area contributed by atoms with E-state index in [1.54, 1.807) is 36.7 Å². The minimum absolute atomic E-state index is 0.00117. The second-order valence-electron chi connectivity index (χ2n) is 9.34. The van der Waals surface area contributed by atoms with Crippen LogP contribution in [0.5, 0.6) is 11.6 Å². The van der Waals surface area contributed by atoms with Gasteiger partial charge in [-0.1, -0.05) is 25.1 Å². The van der Waals surface area contributed by atoms with Gasteiger partial charge in [-0.2, -0.15) is 0 Å². The number of hydrogen-bond donors (Lipinski definition) is 1. The number of methoxy groups -OCH3 is 1. The number of benzene rings is 1. The van der Waals surface area contributed by atoms with Crippen molar-refractivity contribution in [1.82, 2.24) is 24.8 Å². The number of para-hydroxylation sites is 1. The van der Waals surface area contributed by atoms with Crippen molar-refractivity contribution in [2.75, 3.05) is 33.9 Å². The summed E-state index contributed by atoms with van der Waals surface area (Å²) in [5.41, 5.74) is 2.96. The zero-order valence-corrected chi connectivity index (χ0v) is 21.2. The van der Waals surface area contributed by atoms with Gasteiger partial charge in [0, 0.05) is 60.8 Å². The first kappa shape index (κ1) is 25.5. The Bertz CT molecular complexity index is 1180. The average molecular weight is 492 g/mol. The number of ether oxygens (including phenoxy) is 2. The van der Waals surface area contributed by atoms with E-state index in [2.05, 4.69) is 26.8 Å². The molecular formula is C27H33N5O4. The normalized spacial score (nSPS) is 18.7. The van der Waals surface area contributed by atoms with Crippen molar-refractivity contribution >= 4 is 5.91 Å². The van der Waals surface area contributed by atoms with E-state index >= 15 is 0 Å². The molecule has 1 N–H and O–H groups in total. The molecule has 36 heavy (non-hydrogen) atoms. The highest BCUT2D eigenvalue weighted by Gasteiger charge is 2.34. The molecule has 3 atom stereocenters. The Labute approximate surface area is 211 Å². The fraction of sp³-hybridized carbons (Fsp3) is 0.407. The molecule has 0 fully saturated rings. The predicted molar refractivity (Wildman–Crippen MR) is 136 cm³/mol. The minimum atomic E-state index is -0.347. The van der Waals surface area contributed by atoms with Gasteiger partial charge in [0.15, 0.2) is 0 Å². The fourth-order valence-corrected chi connectivity index (χ4v) is 4.45. The number of carbonyl (C=O) groups is 1. The summed E-state index contributed by atoms with van der Waals surface area (Å²) in [6, 6.07) is 9.07. The topological polar surface area (TPSA) is 101 Å². The van der Waals surface area contributed by atoms with E-state index in [0.717, 1.165) is 16.7 Å². The minimum Gasteiger partial charge on any atom is -0.496 e. The zero-order valence-electron chi connectivity index (χ0n) is 21.2. The van der Waals surface area contributed by atoms with Crippen LogP contribution < -0.4 is 9.47 Å². The molecule has 1 aliphatic heterocycles. The quantitative estimate of drug-likeness (QED) is 0.513. The van der Waals surface area contributed by atoms with Crippen molar-refractivity contribution in [3.8, 4) is 22.8 Å². The number of aromatic nitrogens is 3. The van der Waals surface area contributed by atoms with Gasteiger partial charge in [-0.25, -0.2) is 15.0 Å². The van der Waals surface area contributed by atoms with Gasteiger partial charge >= 0.3 is 0 Å². The molecule has 0 spiro atoms. The first-order valence-electron chi connectivity index (χ1n) is 12.1. The van der Waals surface area contributed by atoms with Crippen LogP contribution in [0, 0.1) is 5.92 Å². The number of aliphatic hydroxyl groups excluding tert-OH is 1. The van der Waals surface area contributed by atoms with Crippen molar-refractivity contribution in [3.63, 3.8) is 0 Å². The van der Waals surface area contributed by atoms with Crippen molar-refractivity contribution < 1.29 is 19.4 Å². The maximum atomic E-state index is 13.7. The first-order chi connectivity index (χ1) is 17.4. The summed E-state index contributed by atoms with van der Waals surface area (Å²) in [5, 5.41) is 9.90. The summed E-state index contributed by atoms with van der Waals surface area (Å²) in [6.45, 7) is 5.50. The van der Waals surface area contributed by atoms with Crippen molar-refractivity contribution in [1.29, 1.82) is 0 Å². The van der Waals surface area contributed by atoms with Crippen molar-refractivity contribution in [2.24, 2.45) is 5.92 Å². The number of carbonyl (C=O) groups excluding carboxylic acids is 1. The number of hydrogen-bond acceptors (Lipinski definition) is 8. The molecule has 3 aromatic rings. The molecular weight excluding hydrogens is 458 g/mol. The van der Waals surface area contributed by atoms with Crippen LogP contribution in [0.25, 0.3) is 11.1 Å². The van der Waals surface area contributed by atoms with Gasteiger partial charge in [-0.15, -0.1) is 0 Å². The number of aliphatic hydroxyl groups is 1. The molecule has 190 valence electrons. The summed E-state index contributed by atoms with van der Waals surface area (Å²) in [6.07, 6.45) is 6.58. The van der Waals surface area contributed by atoms with Crippen molar-refractivity contribution in [3.05, 3.63) is 66.4 Å². The molecule has 9 nitrogen and oxygen atoms in total. The summed E-state index contributed by atoms with van der Waals surface area (Å²) >= 11 is 0. The number of fused-ring (bicyclic) bond motifs is 1. The van der Waals surface area contributed by atoms with Crippen LogP contribution in [0.3, 0.4) is 0 Å². The molecule has 0 aliphatic carbocycles. The highest BCUT2D eigenvalue weighted by atomic mass is 16.5. The van der Waals surface area contributed by atoms with Gasteiger partial charge in [0.05, 0.1) is 19.8 Å². The largest absolute Gasteiger partial charge is 0.496 e. The third kappa shape index (κ3) is 5.63. The Morgan fingerprint density at radius 2 is 1.97 bits per heavy atom. The zero-order chi connectivity index (χ0) is 25.7. The summed E-state index contributed by atoms with van der Waals surface area (Å²) in [4.78, 5) is 30.3. The van der Waals surface area contributed by atoms with Crippen LogP contribution in [0.1, 0.15) is 29.8 Å². The van der Waals surface area contributed by atoms with Crippen molar-refractivity contribution in [2.45, 2.75) is 32.5 Å². The molecule has 2 aromatic heterocycles. The van der Waals surface area contributed by atoms with Gasteiger partial charge in [-0.05, 0) is 26.1 Å². The molecule has 4 rings (SSSR count). The third-order valence-corrected chi connectivity index (χ3v) is 6.50. The van der Waals surface area contributed by atoms with Gasteiger partial charge in [0.25, 0.3) is 5.91 Å². The molecule has 0 saturated carbocycles. The molecule has 1 aromatic carbocycles. The van der Waals surface area contributed by atoms with E-state index < -0.39 is 0 Å². The highest BCUT2D eigenvalue weighted by molar-refractivity contribution is 5.98. The Balaban J connectivity index is 1.68. The second kappa shape index (κ2) is 11.5. The summed E-state index contributed by atoms with van der Waals surface area (Å²) < 4.78 is 11.9. The molecule has 0 unspecified atom stereocenters. The summed E-state index contributed by atoms with van der Waals surface area (Å²) in [5.74, 6) is 0.774. The number of likely N-dealkylation sites (N-methyl/N-ethyl adjacent to an activating group) is 1. The van der Waals surface area contributed by atoms with Gasteiger partial charge in [-0.3, -0.25) is 9.69 Å². The number of amides is 1. The maximum absolute atomic E-state index is 13.7. The average Bonchev–Trinajstić information content (AvgIpc) is 2.90. The lowest BCUT2D eigenvalue weighted by molar-refractivity contribution is 0.0325. The molecule has 0 saturated heterocycles. The molecule has 3 heterocycles. The van der Waals surface area contributed by atoms with E-state index in [9.17, 15) is 9.90 Å².